The van der Waals surface area contributed by atoms with Crippen LogP contribution in [0.15, 0.2) is 39.4 Å². The smallest absolute Gasteiger partial charge is 0.416 e. The van der Waals surface area contributed by atoms with Crippen molar-refractivity contribution < 1.29 is 40.7 Å². The van der Waals surface area contributed by atoms with E-state index >= 15 is 0 Å². The van der Waals surface area contributed by atoms with Crippen molar-refractivity contribution in [2.75, 3.05) is 7.11 Å². The third kappa shape index (κ3) is 5.58. The van der Waals surface area contributed by atoms with Crippen LogP contribution in [0.5, 0.6) is 0 Å². The molecule has 6 nitrogen and oxygen atoms in total. The number of amides is 1. The Bertz CT molecular complexity index is 858. The van der Waals surface area contributed by atoms with Crippen LogP contribution in [0.1, 0.15) is 16.7 Å². The topological polar surface area (TPSA) is 80.1 Å². The van der Waals surface area contributed by atoms with E-state index in [1.54, 1.807) is 0 Å². The number of hydrogen-bond acceptors (Lipinski definition) is 6. The van der Waals surface area contributed by atoms with E-state index in [0.29, 0.717) is 30.1 Å². The second kappa shape index (κ2) is 8.04. The molecule has 28 heavy (non-hydrogen) atoms. The number of alkyl halides is 6. The van der Waals surface area contributed by atoms with Gasteiger partial charge in [0.1, 0.15) is 0 Å². The van der Waals surface area contributed by atoms with Gasteiger partial charge >= 0.3 is 18.3 Å². The molecule has 0 saturated carbocycles. The minimum Gasteiger partial charge on any atom is -0.466 e. The van der Waals surface area contributed by atoms with E-state index < -0.39 is 40.9 Å². The van der Waals surface area contributed by atoms with Crippen LogP contribution in [-0.2, 0) is 26.7 Å². The van der Waals surface area contributed by atoms with E-state index in [1.807, 2.05) is 0 Å². The number of benzene rings is 1. The third-order valence-electron chi connectivity index (χ3n) is 3.07. The highest BCUT2D eigenvalue weighted by Crippen LogP contribution is 2.36. The molecule has 1 aliphatic heterocycles. The first-order chi connectivity index (χ1) is 12.9. The maximum atomic E-state index is 12.8. The SMILES string of the molecule is COC(=O)/C=C1/S/C(=N\N=Cc2cc(C(F)(F)F)cc(C(F)(F)F)c2)NC1=O. The number of methoxy groups -OCH3 is 1. The van der Waals surface area contributed by atoms with Gasteiger partial charge in [0.05, 0.1) is 29.4 Å². The van der Waals surface area contributed by atoms with Gasteiger partial charge in [0.2, 0.25) is 0 Å². The van der Waals surface area contributed by atoms with E-state index in [4.69, 9.17) is 0 Å². The molecule has 1 aliphatic rings. The molecule has 150 valence electrons. The van der Waals surface area contributed by atoms with Crippen LogP contribution >= 0.6 is 11.8 Å². The Balaban J connectivity index is 2.27. The van der Waals surface area contributed by atoms with Crippen molar-refractivity contribution in [1.82, 2.24) is 5.32 Å². The zero-order valence-corrected chi connectivity index (χ0v) is 14.5. The van der Waals surface area contributed by atoms with Crippen LogP contribution < -0.4 is 5.32 Å². The lowest BCUT2D eigenvalue weighted by Crippen LogP contribution is -2.19. The number of nitrogens with one attached hydrogen (secondary N) is 1. The van der Waals surface area contributed by atoms with Crippen molar-refractivity contribution in [3.8, 4) is 0 Å². The van der Waals surface area contributed by atoms with Crippen LogP contribution in [0, 0.1) is 0 Å². The van der Waals surface area contributed by atoms with E-state index in [-0.39, 0.29) is 16.1 Å². The summed E-state index contributed by atoms with van der Waals surface area (Å²) >= 11 is 0.688. The van der Waals surface area contributed by atoms with Gasteiger partial charge in [-0.1, -0.05) is 0 Å². The molecule has 1 saturated heterocycles. The normalized spacial score (nSPS) is 18.2. The fourth-order valence-electron chi connectivity index (χ4n) is 1.84. The Hall–Kier alpha value is -2.83. The average molecular weight is 425 g/mol. The summed E-state index contributed by atoms with van der Waals surface area (Å²) < 4.78 is 81.1. The van der Waals surface area contributed by atoms with Crippen LogP contribution in [0.2, 0.25) is 0 Å². The molecule has 0 spiro atoms. The van der Waals surface area contributed by atoms with Crippen molar-refractivity contribution in [2.24, 2.45) is 10.2 Å². The van der Waals surface area contributed by atoms with Crippen molar-refractivity contribution in [3.63, 3.8) is 0 Å². The number of halogens is 6. The maximum Gasteiger partial charge on any atom is 0.416 e. The zero-order valence-electron chi connectivity index (χ0n) is 13.7. The lowest BCUT2D eigenvalue weighted by atomic mass is 10.1. The fourth-order valence-corrected chi connectivity index (χ4v) is 2.58. The van der Waals surface area contributed by atoms with E-state index in [1.165, 1.54) is 0 Å². The molecular formula is C15H9F6N3O3S. The number of carbonyl (C=O) groups is 2. The van der Waals surface area contributed by atoms with Crippen LogP contribution in [0.25, 0.3) is 0 Å². The van der Waals surface area contributed by atoms with Crippen molar-refractivity contribution in [1.29, 1.82) is 0 Å². The van der Waals surface area contributed by atoms with Crippen molar-refractivity contribution in [3.05, 3.63) is 45.9 Å². The van der Waals surface area contributed by atoms with Crippen molar-refractivity contribution in [2.45, 2.75) is 12.4 Å². The van der Waals surface area contributed by atoms with Gasteiger partial charge in [-0.2, -0.15) is 31.4 Å². The predicted molar refractivity (Wildman–Crippen MR) is 87.3 cm³/mol. The minimum atomic E-state index is -4.99. The second-order valence-electron chi connectivity index (χ2n) is 5.08. The lowest BCUT2D eigenvalue weighted by Gasteiger charge is -2.12. The second-order valence-corrected chi connectivity index (χ2v) is 6.11. The minimum absolute atomic E-state index is 0.0137. The molecule has 0 atom stereocenters. The van der Waals surface area contributed by atoms with Crippen LogP contribution in [0.3, 0.4) is 0 Å². The molecule has 0 unspecified atom stereocenters. The molecule has 1 aromatic carbocycles. The number of carbonyl (C=O) groups excluding carboxylic acids is 2. The fraction of sp³-hybridized carbons (Fsp3) is 0.200. The lowest BCUT2D eigenvalue weighted by molar-refractivity contribution is -0.143. The summed E-state index contributed by atoms with van der Waals surface area (Å²) in [7, 11) is 1.10. The van der Waals surface area contributed by atoms with E-state index in [2.05, 4.69) is 20.3 Å². The summed E-state index contributed by atoms with van der Waals surface area (Å²) in [4.78, 5) is 22.6. The van der Waals surface area contributed by atoms with Gasteiger partial charge in [-0.05, 0) is 35.5 Å². The molecular weight excluding hydrogens is 416 g/mol. The van der Waals surface area contributed by atoms with Crippen LogP contribution in [-0.4, -0.2) is 30.4 Å². The number of ether oxygens (including phenoxy) is 1. The number of nitrogens with zero attached hydrogens (tertiary/aromatic N) is 2. The number of amidine groups is 1. The summed E-state index contributed by atoms with van der Waals surface area (Å²) in [5.74, 6) is -1.49. The van der Waals surface area contributed by atoms with Gasteiger partial charge in [-0.25, -0.2) is 4.79 Å². The monoisotopic (exact) mass is 425 g/mol. The summed E-state index contributed by atoms with van der Waals surface area (Å²) in [5.41, 5.74) is -3.49. The highest BCUT2D eigenvalue weighted by molar-refractivity contribution is 8.18. The highest BCUT2D eigenvalue weighted by Gasteiger charge is 2.36. The molecule has 1 heterocycles. The number of rotatable bonds is 3. The average Bonchev–Trinajstić information content (AvgIpc) is 2.92. The highest BCUT2D eigenvalue weighted by atomic mass is 32.2. The molecule has 1 fully saturated rings. The number of thioether (sulfide) groups is 1. The predicted octanol–water partition coefficient (Wildman–Crippen LogP) is 3.33. The molecule has 2 rings (SSSR count). The molecule has 0 aromatic heterocycles. The summed E-state index contributed by atoms with van der Waals surface area (Å²) in [6, 6.07) is 0.934. The molecule has 0 radical (unpaired) electrons. The van der Waals surface area contributed by atoms with Gasteiger partial charge < -0.3 is 4.74 Å². The van der Waals surface area contributed by atoms with Gasteiger partial charge in [0.25, 0.3) is 5.91 Å². The summed E-state index contributed by atoms with van der Waals surface area (Å²) in [6.45, 7) is 0. The van der Waals surface area contributed by atoms with Crippen molar-refractivity contribution >= 4 is 35.0 Å². The summed E-state index contributed by atoms with van der Waals surface area (Å²) in [6.07, 6.45) is -8.42. The number of esters is 1. The first-order valence-corrected chi connectivity index (χ1v) is 7.91. The van der Waals surface area contributed by atoms with E-state index in [0.717, 1.165) is 13.2 Å². The summed E-state index contributed by atoms with van der Waals surface area (Å²) in [5, 5.41) is 8.97. The zero-order chi connectivity index (χ0) is 21.1. The van der Waals surface area contributed by atoms with E-state index in [9.17, 15) is 35.9 Å². The van der Waals surface area contributed by atoms with Gasteiger partial charge in [0.15, 0.2) is 5.17 Å². The molecule has 1 aromatic rings. The number of hydrogen-bond donors (Lipinski definition) is 1. The Morgan fingerprint density at radius 2 is 1.68 bits per heavy atom. The Labute approximate surface area is 157 Å². The molecule has 13 heteroatoms. The molecule has 1 N–H and O–H groups in total. The Kier molecular flexibility index (Phi) is 6.17. The maximum absolute atomic E-state index is 12.8. The standard InChI is InChI=1S/C15H9F6N3O3S/c1-27-11(25)5-10-12(26)23-13(28-10)24-22-6-7-2-8(14(16,17)18)4-9(3-7)15(19,20)21/h2-6H,1H3,(H,23,24,26)/b10-5+,22-6?. The van der Waals surface area contributed by atoms with Gasteiger partial charge in [-0.3, -0.25) is 10.1 Å². The van der Waals surface area contributed by atoms with Gasteiger partial charge in [0, 0.05) is 6.08 Å². The van der Waals surface area contributed by atoms with Gasteiger partial charge in [-0.15, -0.1) is 5.10 Å². The quantitative estimate of drug-likeness (QED) is 0.265. The Morgan fingerprint density at radius 3 is 2.18 bits per heavy atom. The first kappa shape index (κ1) is 21.5. The largest absolute Gasteiger partial charge is 0.466 e. The molecule has 0 bridgehead atoms. The Morgan fingerprint density at radius 1 is 1.11 bits per heavy atom. The molecule has 1 amide bonds. The first-order valence-electron chi connectivity index (χ1n) is 7.09. The van der Waals surface area contributed by atoms with Crippen LogP contribution in [0.4, 0.5) is 26.3 Å². The third-order valence-corrected chi connectivity index (χ3v) is 3.97. The molecule has 0 aliphatic carbocycles.